The molecule has 0 aliphatic carbocycles. The SMILES string of the molecule is CCCn1c(Nc2cccc(I)c2)nc2cc3c(C)c(C(=O)O)c(=O)oc3cc21. The molecule has 0 saturated carbocycles. The molecule has 0 aliphatic heterocycles. The summed E-state index contributed by atoms with van der Waals surface area (Å²) < 4.78 is 8.46. The van der Waals surface area contributed by atoms with Gasteiger partial charge in [0.15, 0.2) is 0 Å². The lowest BCUT2D eigenvalue weighted by Crippen LogP contribution is -2.15. The highest BCUT2D eigenvalue weighted by Crippen LogP contribution is 2.29. The van der Waals surface area contributed by atoms with Gasteiger partial charge in [-0.1, -0.05) is 13.0 Å². The topological polar surface area (TPSA) is 97.4 Å². The fourth-order valence-electron chi connectivity index (χ4n) is 3.46. The summed E-state index contributed by atoms with van der Waals surface area (Å²) in [4.78, 5) is 28.3. The van der Waals surface area contributed by atoms with E-state index in [-0.39, 0.29) is 5.56 Å². The molecule has 0 spiro atoms. The lowest BCUT2D eigenvalue weighted by molar-refractivity contribution is 0.0691. The summed E-state index contributed by atoms with van der Waals surface area (Å²) >= 11 is 2.26. The van der Waals surface area contributed by atoms with E-state index < -0.39 is 11.6 Å². The molecule has 0 radical (unpaired) electrons. The molecule has 0 unspecified atom stereocenters. The summed E-state index contributed by atoms with van der Waals surface area (Å²) in [5, 5.41) is 13.3. The maximum absolute atomic E-state index is 12.1. The summed E-state index contributed by atoms with van der Waals surface area (Å²) in [6.07, 6.45) is 0.894. The van der Waals surface area contributed by atoms with Crippen molar-refractivity contribution in [1.82, 2.24) is 9.55 Å². The van der Waals surface area contributed by atoms with E-state index in [9.17, 15) is 14.7 Å². The second kappa shape index (κ2) is 7.51. The third kappa shape index (κ3) is 3.48. The Hall–Kier alpha value is -2.88. The zero-order valence-electron chi connectivity index (χ0n) is 15.8. The number of hydrogen-bond acceptors (Lipinski definition) is 5. The minimum absolute atomic E-state index is 0.345. The first kappa shape index (κ1) is 19.4. The van der Waals surface area contributed by atoms with Gasteiger partial charge >= 0.3 is 11.6 Å². The number of fused-ring (bicyclic) bond motifs is 2. The average Bonchev–Trinajstić information content (AvgIpc) is 2.97. The zero-order valence-corrected chi connectivity index (χ0v) is 18.0. The number of nitrogens with one attached hydrogen (secondary N) is 1. The van der Waals surface area contributed by atoms with Crippen LogP contribution in [-0.4, -0.2) is 20.6 Å². The third-order valence-corrected chi connectivity index (χ3v) is 5.45. The molecule has 0 fully saturated rings. The van der Waals surface area contributed by atoms with Crippen LogP contribution < -0.4 is 10.9 Å². The minimum Gasteiger partial charge on any atom is -0.477 e. The second-order valence-electron chi connectivity index (χ2n) is 6.75. The van der Waals surface area contributed by atoms with Gasteiger partial charge in [0.25, 0.3) is 0 Å². The van der Waals surface area contributed by atoms with E-state index in [1.54, 1.807) is 19.1 Å². The third-order valence-electron chi connectivity index (χ3n) is 4.78. The molecule has 0 aliphatic rings. The predicted molar refractivity (Wildman–Crippen MR) is 120 cm³/mol. The molecular formula is C21H18IN3O4. The van der Waals surface area contributed by atoms with Crippen molar-refractivity contribution in [3.8, 4) is 0 Å². The maximum atomic E-state index is 12.1. The molecule has 2 aromatic carbocycles. The number of anilines is 2. The molecule has 0 amide bonds. The number of benzene rings is 2. The summed E-state index contributed by atoms with van der Waals surface area (Å²) in [5.74, 6) is -0.617. The number of carbonyl (C=O) groups is 1. The molecule has 2 aromatic heterocycles. The highest BCUT2D eigenvalue weighted by atomic mass is 127. The Bertz CT molecular complexity index is 1320. The van der Waals surface area contributed by atoms with Gasteiger partial charge in [-0.15, -0.1) is 0 Å². The number of carboxylic acids is 1. The van der Waals surface area contributed by atoms with Crippen LogP contribution in [-0.2, 0) is 6.54 Å². The fourth-order valence-corrected chi connectivity index (χ4v) is 4.00. The quantitative estimate of drug-likeness (QED) is 0.297. The maximum Gasteiger partial charge on any atom is 0.351 e. The average molecular weight is 503 g/mol. The minimum atomic E-state index is -1.30. The molecule has 8 heteroatoms. The van der Waals surface area contributed by atoms with E-state index in [0.29, 0.717) is 28.0 Å². The van der Waals surface area contributed by atoms with Gasteiger partial charge < -0.3 is 19.4 Å². The Morgan fingerprint density at radius 3 is 2.79 bits per heavy atom. The van der Waals surface area contributed by atoms with Crippen LogP contribution in [0, 0.1) is 10.5 Å². The van der Waals surface area contributed by atoms with Crippen molar-refractivity contribution in [3.63, 3.8) is 0 Å². The van der Waals surface area contributed by atoms with Crippen molar-refractivity contribution in [2.24, 2.45) is 0 Å². The van der Waals surface area contributed by atoms with Gasteiger partial charge in [0.2, 0.25) is 5.95 Å². The van der Waals surface area contributed by atoms with Crippen LogP contribution in [0.15, 0.2) is 45.6 Å². The molecule has 0 atom stereocenters. The molecule has 148 valence electrons. The van der Waals surface area contributed by atoms with Crippen LogP contribution in [0.5, 0.6) is 0 Å². The molecule has 0 bridgehead atoms. The van der Waals surface area contributed by atoms with Crippen molar-refractivity contribution in [2.45, 2.75) is 26.8 Å². The molecule has 2 N–H and O–H groups in total. The normalized spacial score (nSPS) is 11.3. The zero-order chi connectivity index (χ0) is 20.7. The van der Waals surface area contributed by atoms with E-state index in [2.05, 4.69) is 34.8 Å². The van der Waals surface area contributed by atoms with Crippen molar-refractivity contribution in [2.75, 3.05) is 5.32 Å². The predicted octanol–water partition coefficient (Wildman–Crippen LogP) is 4.91. The number of carboxylic acid groups (broad SMARTS) is 1. The molecule has 0 saturated heterocycles. The molecule has 4 rings (SSSR count). The van der Waals surface area contributed by atoms with Gasteiger partial charge in [0.1, 0.15) is 11.1 Å². The highest BCUT2D eigenvalue weighted by Gasteiger charge is 2.20. The van der Waals surface area contributed by atoms with Gasteiger partial charge in [-0.25, -0.2) is 14.6 Å². The van der Waals surface area contributed by atoms with Gasteiger partial charge in [-0.05, 0) is 65.8 Å². The van der Waals surface area contributed by atoms with Crippen molar-refractivity contribution >= 4 is 62.2 Å². The van der Waals surface area contributed by atoms with Crippen LogP contribution in [0.4, 0.5) is 11.6 Å². The van der Waals surface area contributed by atoms with E-state index >= 15 is 0 Å². The van der Waals surface area contributed by atoms with Crippen LogP contribution in [0.25, 0.3) is 22.0 Å². The summed E-state index contributed by atoms with van der Waals surface area (Å²) in [7, 11) is 0. The van der Waals surface area contributed by atoms with Gasteiger partial charge in [0, 0.05) is 27.3 Å². The Kier molecular flexibility index (Phi) is 5.03. The molecule has 7 nitrogen and oxygen atoms in total. The van der Waals surface area contributed by atoms with Gasteiger partial charge in [0.05, 0.1) is 11.0 Å². The number of imidazole rings is 1. The number of aryl methyl sites for hydroxylation is 2. The molecular weight excluding hydrogens is 485 g/mol. The second-order valence-corrected chi connectivity index (χ2v) is 8.00. The van der Waals surface area contributed by atoms with Crippen molar-refractivity contribution in [1.29, 1.82) is 0 Å². The van der Waals surface area contributed by atoms with Gasteiger partial charge in [-0.3, -0.25) is 0 Å². The smallest absolute Gasteiger partial charge is 0.351 e. The number of halogens is 1. The molecule has 29 heavy (non-hydrogen) atoms. The van der Waals surface area contributed by atoms with Crippen LogP contribution in [0.1, 0.15) is 29.3 Å². The standard InChI is InChI=1S/C21H18IN3O4/c1-3-7-25-16-10-17-14(11(2)18(19(26)27)20(28)29-17)9-15(16)24-21(25)23-13-6-4-5-12(22)8-13/h4-6,8-10H,3,7H2,1-2H3,(H,23,24)(H,26,27). The Morgan fingerprint density at radius 1 is 1.31 bits per heavy atom. The monoisotopic (exact) mass is 503 g/mol. The number of rotatable bonds is 5. The number of aromatic nitrogens is 2. The Morgan fingerprint density at radius 2 is 2.10 bits per heavy atom. The first-order valence-electron chi connectivity index (χ1n) is 9.12. The largest absolute Gasteiger partial charge is 0.477 e. The lowest BCUT2D eigenvalue weighted by Gasteiger charge is -2.10. The summed E-state index contributed by atoms with van der Waals surface area (Å²) in [6, 6.07) is 11.5. The van der Waals surface area contributed by atoms with E-state index in [4.69, 9.17) is 9.40 Å². The van der Waals surface area contributed by atoms with E-state index in [1.807, 2.05) is 28.8 Å². The van der Waals surface area contributed by atoms with E-state index in [0.717, 1.165) is 27.7 Å². The number of aromatic carboxylic acids is 1. The Labute approximate surface area is 179 Å². The number of hydrogen-bond donors (Lipinski definition) is 2. The first-order chi connectivity index (χ1) is 13.9. The summed E-state index contributed by atoms with van der Waals surface area (Å²) in [6.45, 7) is 4.42. The highest BCUT2D eigenvalue weighted by molar-refractivity contribution is 14.1. The Balaban J connectivity index is 1.95. The molecule has 4 aromatic rings. The summed E-state index contributed by atoms with van der Waals surface area (Å²) in [5.41, 5.74) is 1.98. The van der Waals surface area contributed by atoms with Crippen molar-refractivity contribution < 1.29 is 14.3 Å². The van der Waals surface area contributed by atoms with Crippen LogP contribution in [0.2, 0.25) is 0 Å². The van der Waals surface area contributed by atoms with Crippen LogP contribution >= 0.6 is 22.6 Å². The van der Waals surface area contributed by atoms with Gasteiger partial charge in [-0.2, -0.15) is 0 Å². The van der Waals surface area contributed by atoms with E-state index in [1.165, 1.54) is 0 Å². The molecule has 2 heterocycles. The lowest BCUT2D eigenvalue weighted by atomic mass is 10.1. The fraction of sp³-hybridized carbons (Fsp3) is 0.190. The van der Waals surface area contributed by atoms with Crippen molar-refractivity contribution in [3.05, 3.63) is 61.5 Å². The van der Waals surface area contributed by atoms with Crippen LogP contribution in [0.3, 0.4) is 0 Å². The number of nitrogens with zero attached hydrogens (tertiary/aromatic N) is 2. The first-order valence-corrected chi connectivity index (χ1v) is 10.2.